The van der Waals surface area contributed by atoms with Gasteiger partial charge in [0, 0.05) is 12.1 Å². The molecule has 1 aromatic carbocycles. The Labute approximate surface area is 93.6 Å². The molecule has 1 aromatic rings. The van der Waals surface area contributed by atoms with Crippen LogP contribution < -0.4 is 4.74 Å². The highest BCUT2D eigenvalue weighted by Gasteiger charge is 2.18. The van der Waals surface area contributed by atoms with Gasteiger partial charge < -0.3 is 9.64 Å². The summed E-state index contributed by atoms with van der Waals surface area (Å²) in [4.78, 5) is 13.2. The molecule has 4 heteroatoms. The van der Waals surface area contributed by atoms with E-state index >= 15 is 0 Å². The SMILES string of the molecule is O=C(CCl)N1CCOc2ccccc2C1. The number of carbonyl (C=O) groups is 1. The van der Waals surface area contributed by atoms with E-state index < -0.39 is 0 Å². The molecule has 1 aliphatic rings. The van der Waals surface area contributed by atoms with E-state index in [2.05, 4.69) is 0 Å². The van der Waals surface area contributed by atoms with Crippen molar-refractivity contribution < 1.29 is 9.53 Å². The van der Waals surface area contributed by atoms with Gasteiger partial charge in [-0.3, -0.25) is 4.79 Å². The lowest BCUT2D eigenvalue weighted by molar-refractivity contribution is -0.129. The standard InChI is InChI=1S/C11H12ClNO2/c12-7-11(14)13-5-6-15-10-4-2-1-3-9(10)8-13/h1-4H,5-8H2. The molecule has 0 N–H and O–H groups in total. The fourth-order valence-electron chi connectivity index (χ4n) is 1.62. The van der Waals surface area contributed by atoms with Crippen molar-refractivity contribution in [3.63, 3.8) is 0 Å². The van der Waals surface area contributed by atoms with Crippen molar-refractivity contribution in [1.29, 1.82) is 0 Å². The third-order valence-electron chi connectivity index (χ3n) is 2.42. The van der Waals surface area contributed by atoms with E-state index in [0.717, 1.165) is 11.3 Å². The van der Waals surface area contributed by atoms with E-state index in [1.807, 2.05) is 24.3 Å². The number of para-hydroxylation sites is 1. The second kappa shape index (κ2) is 4.53. The van der Waals surface area contributed by atoms with E-state index in [-0.39, 0.29) is 11.8 Å². The van der Waals surface area contributed by atoms with Crippen molar-refractivity contribution in [3.8, 4) is 5.75 Å². The van der Waals surface area contributed by atoms with Gasteiger partial charge in [-0.25, -0.2) is 0 Å². The molecule has 15 heavy (non-hydrogen) atoms. The summed E-state index contributed by atoms with van der Waals surface area (Å²) in [5.41, 5.74) is 1.04. The zero-order valence-corrected chi connectivity index (χ0v) is 9.04. The van der Waals surface area contributed by atoms with Crippen LogP contribution in [0.25, 0.3) is 0 Å². The maximum Gasteiger partial charge on any atom is 0.237 e. The molecule has 0 radical (unpaired) electrons. The molecule has 0 fully saturated rings. The van der Waals surface area contributed by atoms with Gasteiger partial charge in [0.05, 0.1) is 6.54 Å². The molecule has 80 valence electrons. The van der Waals surface area contributed by atoms with Crippen LogP contribution in [0.4, 0.5) is 0 Å². The van der Waals surface area contributed by atoms with Crippen LogP contribution in [0.2, 0.25) is 0 Å². The maximum absolute atomic E-state index is 11.5. The van der Waals surface area contributed by atoms with Crippen molar-refractivity contribution in [2.45, 2.75) is 6.54 Å². The predicted octanol–water partition coefficient (Wildman–Crippen LogP) is 1.65. The highest BCUT2D eigenvalue weighted by molar-refractivity contribution is 6.27. The molecule has 0 bridgehead atoms. The summed E-state index contributed by atoms with van der Waals surface area (Å²) in [6.45, 7) is 1.71. The van der Waals surface area contributed by atoms with Crippen molar-refractivity contribution >= 4 is 17.5 Å². The number of fused-ring (bicyclic) bond motifs is 1. The van der Waals surface area contributed by atoms with Crippen molar-refractivity contribution in [2.24, 2.45) is 0 Å². The molecule has 3 nitrogen and oxygen atoms in total. The van der Waals surface area contributed by atoms with Gasteiger partial charge in [-0.2, -0.15) is 0 Å². The average Bonchev–Trinajstić information content (AvgIpc) is 2.49. The van der Waals surface area contributed by atoms with Gasteiger partial charge in [0.1, 0.15) is 18.2 Å². The molecule has 0 spiro atoms. The van der Waals surface area contributed by atoms with E-state index in [9.17, 15) is 4.79 Å². The fourth-order valence-corrected chi connectivity index (χ4v) is 1.79. The molecular weight excluding hydrogens is 214 g/mol. The van der Waals surface area contributed by atoms with E-state index in [4.69, 9.17) is 16.3 Å². The summed E-state index contributed by atoms with van der Waals surface area (Å²) in [5.74, 6) is 0.849. The van der Waals surface area contributed by atoms with Crippen LogP contribution in [0, 0.1) is 0 Å². The highest BCUT2D eigenvalue weighted by Crippen LogP contribution is 2.22. The Morgan fingerprint density at radius 2 is 2.27 bits per heavy atom. The monoisotopic (exact) mass is 225 g/mol. The first-order valence-corrected chi connectivity index (χ1v) is 5.39. The number of benzene rings is 1. The molecule has 0 aliphatic carbocycles. The number of alkyl halides is 1. The third-order valence-corrected chi connectivity index (χ3v) is 2.65. The Balaban J connectivity index is 2.21. The number of amides is 1. The first-order chi connectivity index (χ1) is 7.31. The molecular formula is C11H12ClNO2. The Bertz CT molecular complexity index is 367. The summed E-state index contributed by atoms with van der Waals surface area (Å²) in [5, 5.41) is 0. The largest absolute Gasteiger partial charge is 0.491 e. The van der Waals surface area contributed by atoms with E-state index in [1.165, 1.54) is 0 Å². The summed E-state index contributed by atoms with van der Waals surface area (Å²) in [7, 11) is 0. The quantitative estimate of drug-likeness (QED) is 0.681. The van der Waals surface area contributed by atoms with Crippen LogP contribution in [0.1, 0.15) is 5.56 Å². The number of carbonyl (C=O) groups excluding carboxylic acids is 1. The topological polar surface area (TPSA) is 29.5 Å². The second-order valence-corrected chi connectivity index (χ2v) is 3.67. The average molecular weight is 226 g/mol. The summed E-state index contributed by atoms with van der Waals surface area (Å²) < 4.78 is 5.54. The summed E-state index contributed by atoms with van der Waals surface area (Å²) in [6.07, 6.45) is 0. The number of halogens is 1. The molecule has 2 rings (SSSR count). The van der Waals surface area contributed by atoms with Crippen LogP contribution in [0.3, 0.4) is 0 Å². The Morgan fingerprint density at radius 3 is 3.07 bits per heavy atom. The number of hydrogen-bond donors (Lipinski definition) is 0. The molecule has 0 saturated heterocycles. The number of nitrogens with zero attached hydrogens (tertiary/aromatic N) is 1. The van der Waals surface area contributed by atoms with Gasteiger partial charge in [0.15, 0.2) is 0 Å². The van der Waals surface area contributed by atoms with E-state index in [0.29, 0.717) is 19.7 Å². The van der Waals surface area contributed by atoms with E-state index in [1.54, 1.807) is 4.90 Å². The van der Waals surface area contributed by atoms with Gasteiger partial charge in [-0.1, -0.05) is 18.2 Å². The summed E-state index contributed by atoms with van der Waals surface area (Å²) >= 11 is 5.53. The highest BCUT2D eigenvalue weighted by atomic mass is 35.5. The molecule has 1 amide bonds. The van der Waals surface area contributed by atoms with Gasteiger partial charge in [-0.15, -0.1) is 11.6 Å². The van der Waals surface area contributed by atoms with Crippen LogP contribution in [-0.2, 0) is 11.3 Å². The maximum atomic E-state index is 11.5. The molecule has 0 aromatic heterocycles. The minimum absolute atomic E-state index is 0.0299. The lowest BCUT2D eigenvalue weighted by atomic mass is 10.2. The van der Waals surface area contributed by atoms with Gasteiger partial charge in [-0.05, 0) is 6.07 Å². The molecule has 0 unspecified atom stereocenters. The first kappa shape index (κ1) is 10.3. The van der Waals surface area contributed by atoms with Gasteiger partial charge in [0.25, 0.3) is 0 Å². The predicted molar refractivity (Wildman–Crippen MR) is 58.1 cm³/mol. The smallest absolute Gasteiger partial charge is 0.237 e. The number of rotatable bonds is 1. The van der Waals surface area contributed by atoms with Crippen LogP contribution >= 0.6 is 11.6 Å². The Hall–Kier alpha value is -1.22. The van der Waals surface area contributed by atoms with Crippen molar-refractivity contribution in [2.75, 3.05) is 19.0 Å². The molecule has 1 heterocycles. The van der Waals surface area contributed by atoms with Gasteiger partial charge in [0.2, 0.25) is 5.91 Å². The van der Waals surface area contributed by atoms with Crippen LogP contribution in [0.5, 0.6) is 5.75 Å². The fraction of sp³-hybridized carbons (Fsp3) is 0.364. The van der Waals surface area contributed by atoms with Crippen molar-refractivity contribution in [3.05, 3.63) is 29.8 Å². The van der Waals surface area contributed by atoms with Crippen LogP contribution in [-0.4, -0.2) is 29.8 Å². The lowest BCUT2D eigenvalue weighted by Gasteiger charge is -2.18. The number of hydrogen-bond acceptors (Lipinski definition) is 2. The normalized spacial score (nSPS) is 15.1. The number of ether oxygens (including phenoxy) is 1. The zero-order chi connectivity index (χ0) is 10.7. The van der Waals surface area contributed by atoms with Gasteiger partial charge >= 0.3 is 0 Å². The Morgan fingerprint density at radius 1 is 1.47 bits per heavy atom. The van der Waals surface area contributed by atoms with Crippen LogP contribution in [0.15, 0.2) is 24.3 Å². The molecule has 0 atom stereocenters. The lowest BCUT2D eigenvalue weighted by Crippen LogP contribution is -2.33. The minimum atomic E-state index is -0.0445. The zero-order valence-electron chi connectivity index (χ0n) is 8.28. The molecule has 0 saturated carbocycles. The van der Waals surface area contributed by atoms with Crippen molar-refractivity contribution in [1.82, 2.24) is 4.90 Å². The third kappa shape index (κ3) is 2.23. The second-order valence-electron chi connectivity index (χ2n) is 3.41. The summed E-state index contributed by atoms with van der Waals surface area (Å²) in [6, 6.07) is 7.76. The minimum Gasteiger partial charge on any atom is -0.491 e. The Kier molecular flexibility index (Phi) is 3.11. The first-order valence-electron chi connectivity index (χ1n) is 4.85. The molecule has 1 aliphatic heterocycles.